The average Bonchev–Trinajstić information content (AvgIpc) is 2.26. The highest BCUT2D eigenvalue weighted by atomic mass is 16.3. The predicted molar refractivity (Wildman–Crippen MR) is 71.8 cm³/mol. The number of nitrogens with one attached hydrogen (secondary N) is 1. The number of hydrogen-bond donors (Lipinski definition) is 2. The third-order valence-electron chi connectivity index (χ3n) is 4.42. The molecule has 2 N–H and O–H groups in total. The number of hydrogen-bond acceptors (Lipinski definition) is 2. The first-order valence-electron chi connectivity index (χ1n) is 7.15. The van der Waals surface area contributed by atoms with Gasteiger partial charge in [0.2, 0.25) is 0 Å². The Kier molecular flexibility index (Phi) is 4.26. The number of piperidine rings is 1. The van der Waals surface area contributed by atoms with Crippen molar-refractivity contribution in [3.05, 3.63) is 11.6 Å². The van der Waals surface area contributed by atoms with Gasteiger partial charge < -0.3 is 10.4 Å². The fourth-order valence-corrected chi connectivity index (χ4v) is 3.59. The van der Waals surface area contributed by atoms with Crippen molar-refractivity contribution in [2.24, 2.45) is 17.8 Å². The minimum Gasteiger partial charge on any atom is -0.391 e. The number of rotatable bonds is 2. The van der Waals surface area contributed by atoms with Crippen LogP contribution in [0.25, 0.3) is 0 Å². The standard InChI is InChI=1S/C15H27NO/c1-10-4-5-16-14(9-10)15(17)13-7-11(2)6-12(3)8-13/h6,10-11,13-17H,4-5,7-9H2,1-3H3. The molecule has 98 valence electrons. The first kappa shape index (κ1) is 13.1. The number of aliphatic hydroxyl groups is 1. The van der Waals surface area contributed by atoms with Crippen LogP contribution < -0.4 is 5.32 Å². The molecule has 0 bridgehead atoms. The van der Waals surface area contributed by atoms with Gasteiger partial charge in [0.1, 0.15) is 0 Å². The maximum atomic E-state index is 10.6. The number of allylic oxidation sites excluding steroid dienone is 2. The van der Waals surface area contributed by atoms with E-state index in [1.165, 1.54) is 12.0 Å². The van der Waals surface area contributed by atoms with Crippen LogP contribution in [0.4, 0.5) is 0 Å². The van der Waals surface area contributed by atoms with Crippen molar-refractivity contribution in [3.63, 3.8) is 0 Å². The molecule has 2 rings (SSSR count). The smallest absolute Gasteiger partial charge is 0.0724 e. The molecule has 1 heterocycles. The van der Waals surface area contributed by atoms with Gasteiger partial charge in [0.15, 0.2) is 0 Å². The van der Waals surface area contributed by atoms with E-state index in [9.17, 15) is 5.11 Å². The molecule has 0 aromatic rings. The summed E-state index contributed by atoms with van der Waals surface area (Å²) in [7, 11) is 0. The van der Waals surface area contributed by atoms with Crippen molar-refractivity contribution in [3.8, 4) is 0 Å². The van der Waals surface area contributed by atoms with Gasteiger partial charge in [-0.25, -0.2) is 0 Å². The predicted octanol–water partition coefficient (Wildman–Crippen LogP) is 2.73. The van der Waals surface area contributed by atoms with Gasteiger partial charge >= 0.3 is 0 Å². The van der Waals surface area contributed by atoms with Crippen molar-refractivity contribution in [1.82, 2.24) is 5.32 Å². The Balaban J connectivity index is 1.95. The molecule has 0 spiro atoms. The highest BCUT2D eigenvalue weighted by Crippen LogP contribution is 2.33. The van der Waals surface area contributed by atoms with E-state index < -0.39 is 0 Å². The van der Waals surface area contributed by atoms with E-state index in [1.54, 1.807) is 0 Å². The molecule has 5 atom stereocenters. The molecule has 2 aliphatic rings. The Bertz CT molecular complexity index is 287. The van der Waals surface area contributed by atoms with Crippen molar-refractivity contribution in [1.29, 1.82) is 0 Å². The topological polar surface area (TPSA) is 32.3 Å². The molecule has 0 aromatic heterocycles. The van der Waals surface area contributed by atoms with Gasteiger partial charge in [-0.15, -0.1) is 0 Å². The largest absolute Gasteiger partial charge is 0.391 e. The van der Waals surface area contributed by atoms with Crippen LogP contribution in [0.15, 0.2) is 11.6 Å². The normalized spacial score (nSPS) is 40.8. The fourth-order valence-electron chi connectivity index (χ4n) is 3.59. The first-order valence-corrected chi connectivity index (χ1v) is 7.15. The average molecular weight is 237 g/mol. The first-order chi connectivity index (χ1) is 8.06. The van der Waals surface area contributed by atoms with E-state index in [2.05, 4.69) is 32.2 Å². The van der Waals surface area contributed by atoms with Gasteiger partial charge in [-0.2, -0.15) is 0 Å². The molecule has 0 aromatic carbocycles. The summed E-state index contributed by atoms with van der Waals surface area (Å²) >= 11 is 0. The minimum absolute atomic E-state index is 0.163. The lowest BCUT2D eigenvalue weighted by molar-refractivity contribution is 0.0401. The second-order valence-electron chi connectivity index (χ2n) is 6.37. The molecule has 0 amide bonds. The summed E-state index contributed by atoms with van der Waals surface area (Å²) in [6.07, 6.45) is 6.81. The van der Waals surface area contributed by atoms with Crippen LogP contribution in [-0.4, -0.2) is 23.8 Å². The lowest BCUT2D eigenvalue weighted by atomic mass is 9.76. The van der Waals surface area contributed by atoms with E-state index in [0.717, 1.165) is 31.7 Å². The minimum atomic E-state index is -0.163. The Hall–Kier alpha value is -0.340. The van der Waals surface area contributed by atoms with E-state index >= 15 is 0 Å². The molecule has 0 saturated carbocycles. The van der Waals surface area contributed by atoms with Crippen molar-refractivity contribution in [2.45, 2.75) is 58.6 Å². The quantitative estimate of drug-likeness (QED) is 0.724. The van der Waals surface area contributed by atoms with Gasteiger partial charge in [0.25, 0.3) is 0 Å². The summed E-state index contributed by atoms with van der Waals surface area (Å²) < 4.78 is 0. The molecule has 1 saturated heterocycles. The number of aliphatic hydroxyl groups excluding tert-OH is 1. The second kappa shape index (κ2) is 5.53. The lowest BCUT2D eigenvalue weighted by Crippen LogP contribution is -2.48. The van der Waals surface area contributed by atoms with Crippen LogP contribution in [0, 0.1) is 17.8 Å². The summed E-state index contributed by atoms with van der Waals surface area (Å²) in [5, 5.41) is 14.1. The molecule has 17 heavy (non-hydrogen) atoms. The van der Waals surface area contributed by atoms with Crippen molar-refractivity contribution in [2.75, 3.05) is 6.54 Å². The molecule has 5 unspecified atom stereocenters. The molecule has 1 aliphatic heterocycles. The SMILES string of the molecule is CC1=CC(C)CC(C(O)C2CC(C)CCN2)C1. The van der Waals surface area contributed by atoms with Crippen molar-refractivity contribution >= 4 is 0 Å². The monoisotopic (exact) mass is 237 g/mol. The molecule has 1 aliphatic carbocycles. The van der Waals surface area contributed by atoms with Crippen LogP contribution in [-0.2, 0) is 0 Å². The van der Waals surface area contributed by atoms with E-state index in [4.69, 9.17) is 0 Å². The molecule has 0 radical (unpaired) electrons. The third kappa shape index (κ3) is 3.32. The Morgan fingerprint density at radius 2 is 2.12 bits per heavy atom. The second-order valence-corrected chi connectivity index (χ2v) is 6.37. The Morgan fingerprint density at radius 1 is 1.35 bits per heavy atom. The lowest BCUT2D eigenvalue weighted by Gasteiger charge is -2.37. The third-order valence-corrected chi connectivity index (χ3v) is 4.42. The zero-order valence-electron chi connectivity index (χ0n) is 11.4. The van der Waals surface area contributed by atoms with Gasteiger partial charge in [0, 0.05) is 6.04 Å². The summed E-state index contributed by atoms with van der Waals surface area (Å²) in [4.78, 5) is 0. The molecule has 2 nitrogen and oxygen atoms in total. The summed E-state index contributed by atoms with van der Waals surface area (Å²) in [6.45, 7) is 7.83. The summed E-state index contributed by atoms with van der Waals surface area (Å²) in [5.74, 6) is 1.84. The summed E-state index contributed by atoms with van der Waals surface area (Å²) in [6, 6.07) is 0.321. The van der Waals surface area contributed by atoms with Crippen LogP contribution >= 0.6 is 0 Å². The van der Waals surface area contributed by atoms with Crippen molar-refractivity contribution < 1.29 is 5.11 Å². The highest BCUT2D eigenvalue weighted by molar-refractivity contribution is 5.08. The molecular weight excluding hydrogens is 210 g/mol. The maximum Gasteiger partial charge on any atom is 0.0724 e. The van der Waals surface area contributed by atoms with Crippen LogP contribution in [0.1, 0.15) is 46.5 Å². The maximum absolute atomic E-state index is 10.6. The van der Waals surface area contributed by atoms with E-state index in [1.807, 2.05) is 0 Å². The van der Waals surface area contributed by atoms with Gasteiger partial charge in [-0.05, 0) is 56.9 Å². The Labute approximate surface area is 105 Å². The van der Waals surface area contributed by atoms with Crippen LogP contribution in [0.3, 0.4) is 0 Å². The zero-order chi connectivity index (χ0) is 12.4. The van der Waals surface area contributed by atoms with Gasteiger partial charge in [-0.3, -0.25) is 0 Å². The van der Waals surface area contributed by atoms with E-state index in [-0.39, 0.29) is 6.10 Å². The Morgan fingerprint density at radius 3 is 2.76 bits per heavy atom. The molecule has 1 fully saturated rings. The fraction of sp³-hybridized carbons (Fsp3) is 0.867. The van der Waals surface area contributed by atoms with Gasteiger partial charge in [-0.1, -0.05) is 25.5 Å². The van der Waals surface area contributed by atoms with Gasteiger partial charge in [0.05, 0.1) is 6.10 Å². The van der Waals surface area contributed by atoms with Crippen LogP contribution in [0.5, 0.6) is 0 Å². The van der Waals surface area contributed by atoms with Crippen LogP contribution in [0.2, 0.25) is 0 Å². The molecule has 2 heteroatoms. The van der Waals surface area contributed by atoms with E-state index in [0.29, 0.717) is 17.9 Å². The summed E-state index contributed by atoms with van der Waals surface area (Å²) in [5.41, 5.74) is 1.46. The zero-order valence-corrected chi connectivity index (χ0v) is 11.4. The molecular formula is C15H27NO. The highest BCUT2D eigenvalue weighted by Gasteiger charge is 2.32.